The highest BCUT2D eigenvalue weighted by molar-refractivity contribution is 5.83. The van der Waals surface area contributed by atoms with Gasteiger partial charge >= 0.3 is 5.97 Å². The summed E-state index contributed by atoms with van der Waals surface area (Å²) < 4.78 is 33.3. The van der Waals surface area contributed by atoms with Crippen molar-refractivity contribution in [1.82, 2.24) is 9.88 Å². The molecule has 1 fully saturated rings. The molecule has 2 aromatic carbocycles. The summed E-state index contributed by atoms with van der Waals surface area (Å²) in [7, 11) is 1.61. The Kier molecular flexibility index (Phi) is 9.63. The third kappa shape index (κ3) is 7.05. The van der Waals surface area contributed by atoms with Gasteiger partial charge in [-0.15, -0.1) is 0 Å². The molecule has 1 saturated heterocycles. The molecule has 0 radical (unpaired) electrons. The number of methoxy groups -OCH3 is 1. The van der Waals surface area contributed by atoms with Gasteiger partial charge < -0.3 is 19.8 Å². The topological polar surface area (TPSA) is 82.9 Å². The van der Waals surface area contributed by atoms with Gasteiger partial charge in [0.1, 0.15) is 17.4 Å². The molecule has 0 saturated carbocycles. The minimum absolute atomic E-state index is 0.104. The Morgan fingerprint density at radius 1 is 1.16 bits per heavy atom. The lowest BCUT2D eigenvalue weighted by molar-refractivity contribution is -0.137. The summed E-state index contributed by atoms with van der Waals surface area (Å²) in [6, 6.07) is 11.4. The number of piperidine rings is 1. The van der Waals surface area contributed by atoms with E-state index in [1.807, 2.05) is 24.3 Å². The van der Waals surface area contributed by atoms with E-state index in [1.54, 1.807) is 13.3 Å². The minimum Gasteiger partial charge on any atom is -0.497 e. The quantitative estimate of drug-likeness (QED) is 0.312. The smallest absolute Gasteiger partial charge is 0.303 e. The molecule has 3 aromatic rings. The standard InChI is InChI=1S/C30H36F2N2O4/c1-38-22-9-10-28-25(18-22)23(13-15-33-28)29(35)11-7-20-14-17-34(19-21(20)8-12-30(36)37)16-3-4-24-26(31)5-2-6-27(24)32/h2,5-6,9-10,13,15,18,20-21,29,35H,3-4,7-8,11-12,14,16-17,19H2,1H3,(H,36,37)/t20-,21+,29?/m1/s1. The number of fused-ring (bicyclic) bond motifs is 1. The molecule has 1 aliphatic rings. The van der Waals surface area contributed by atoms with E-state index in [2.05, 4.69) is 9.88 Å². The van der Waals surface area contributed by atoms with Crippen LogP contribution in [0.3, 0.4) is 0 Å². The van der Waals surface area contributed by atoms with Crippen LogP contribution in [0.25, 0.3) is 10.9 Å². The zero-order valence-corrected chi connectivity index (χ0v) is 21.8. The molecular weight excluding hydrogens is 490 g/mol. The third-order valence-corrected chi connectivity index (χ3v) is 7.82. The number of halogens is 2. The van der Waals surface area contributed by atoms with E-state index >= 15 is 0 Å². The Morgan fingerprint density at radius 3 is 2.68 bits per heavy atom. The number of aromatic nitrogens is 1. The van der Waals surface area contributed by atoms with Gasteiger partial charge in [-0.25, -0.2) is 8.78 Å². The average Bonchev–Trinajstić information content (AvgIpc) is 2.92. The number of carbonyl (C=O) groups is 1. The van der Waals surface area contributed by atoms with E-state index in [0.717, 1.165) is 42.4 Å². The molecule has 0 spiro atoms. The highest BCUT2D eigenvalue weighted by Gasteiger charge is 2.30. The number of benzene rings is 2. The van der Waals surface area contributed by atoms with Gasteiger partial charge in [0, 0.05) is 30.1 Å². The average molecular weight is 527 g/mol. The van der Waals surface area contributed by atoms with Crippen LogP contribution in [-0.2, 0) is 11.2 Å². The predicted molar refractivity (Wildman–Crippen MR) is 142 cm³/mol. The lowest BCUT2D eigenvalue weighted by atomic mass is 9.79. The molecule has 38 heavy (non-hydrogen) atoms. The molecule has 0 amide bonds. The van der Waals surface area contributed by atoms with Gasteiger partial charge in [-0.05, 0) is 105 Å². The zero-order chi connectivity index (χ0) is 27.1. The first kappa shape index (κ1) is 27.9. The second kappa shape index (κ2) is 13.1. The van der Waals surface area contributed by atoms with Crippen LogP contribution in [0.5, 0.6) is 5.75 Å². The van der Waals surface area contributed by atoms with Crippen molar-refractivity contribution >= 4 is 16.9 Å². The van der Waals surface area contributed by atoms with Crippen LogP contribution in [0.15, 0.2) is 48.7 Å². The summed E-state index contributed by atoms with van der Waals surface area (Å²) >= 11 is 0. The second-order valence-corrected chi connectivity index (χ2v) is 10.2. The van der Waals surface area contributed by atoms with Crippen LogP contribution in [0, 0.1) is 23.5 Å². The molecule has 204 valence electrons. The Hall–Kier alpha value is -3.10. The van der Waals surface area contributed by atoms with Crippen molar-refractivity contribution in [1.29, 1.82) is 0 Å². The third-order valence-electron chi connectivity index (χ3n) is 7.82. The Morgan fingerprint density at radius 2 is 1.95 bits per heavy atom. The van der Waals surface area contributed by atoms with Crippen LogP contribution < -0.4 is 4.74 Å². The van der Waals surface area contributed by atoms with Gasteiger partial charge in [-0.1, -0.05) is 6.07 Å². The van der Waals surface area contributed by atoms with Gasteiger partial charge in [-0.3, -0.25) is 9.78 Å². The van der Waals surface area contributed by atoms with Crippen molar-refractivity contribution < 1.29 is 28.5 Å². The predicted octanol–water partition coefficient (Wildman–Crippen LogP) is 5.77. The number of aliphatic hydroxyl groups is 1. The van der Waals surface area contributed by atoms with Crippen molar-refractivity contribution in [2.45, 2.75) is 51.0 Å². The summed E-state index contributed by atoms with van der Waals surface area (Å²) in [5.74, 6) is -0.645. The lowest BCUT2D eigenvalue weighted by Crippen LogP contribution is -2.41. The van der Waals surface area contributed by atoms with Gasteiger partial charge in [-0.2, -0.15) is 0 Å². The minimum atomic E-state index is -0.812. The van der Waals surface area contributed by atoms with Crippen molar-refractivity contribution in [3.05, 3.63) is 71.4 Å². The summed E-state index contributed by atoms with van der Waals surface area (Å²) in [6.45, 7) is 2.31. The summed E-state index contributed by atoms with van der Waals surface area (Å²) in [5.41, 5.74) is 1.74. The van der Waals surface area contributed by atoms with Crippen molar-refractivity contribution in [3.8, 4) is 5.75 Å². The highest BCUT2D eigenvalue weighted by atomic mass is 19.1. The van der Waals surface area contributed by atoms with Crippen LogP contribution >= 0.6 is 0 Å². The van der Waals surface area contributed by atoms with Crippen LogP contribution in [0.2, 0.25) is 0 Å². The molecular formula is C30H36F2N2O4. The molecule has 8 heteroatoms. The molecule has 1 aliphatic heterocycles. The molecule has 2 heterocycles. The van der Waals surface area contributed by atoms with E-state index < -0.39 is 23.7 Å². The first-order valence-electron chi connectivity index (χ1n) is 13.3. The van der Waals surface area contributed by atoms with Gasteiger partial charge in [0.05, 0.1) is 18.7 Å². The first-order valence-corrected chi connectivity index (χ1v) is 13.3. The maximum Gasteiger partial charge on any atom is 0.303 e. The van der Waals surface area contributed by atoms with Crippen molar-refractivity contribution in [2.24, 2.45) is 11.8 Å². The summed E-state index contributed by atoms with van der Waals surface area (Å²) in [4.78, 5) is 18.0. The van der Waals surface area contributed by atoms with E-state index in [1.165, 1.54) is 18.2 Å². The Balaban J connectivity index is 1.36. The number of pyridine rings is 1. The number of hydrogen-bond acceptors (Lipinski definition) is 5. The highest BCUT2D eigenvalue weighted by Crippen LogP contribution is 2.35. The van der Waals surface area contributed by atoms with Gasteiger partial charge in [0.2, 0.25) is 0 Å². The number of carboxylic acids is 1. The number of rotatable bonds is 12. The fourth-order valence-corrected chi connectivity index (χ4v) is 5.72. The number of aliphatic carboxylic acids is 1. The van der Waals surface area contributed by atoms with Crippen LogP contribution in [-0.4, -0.2) is 52.8 Å². The Labute approximate surface area is 222 Å². The first-order chi connectivity index (χ1) is 18.4. The number of likely N-dealkylation sites (tertiary alicyclic amines) is 1. The van der Waals surface area contributed by atoms with Gasteiger partial charge in [0.15, 0.2) is 0 Å². The van der Waals surface area contributed by atoms with E-state index in [-0.39, 0.29) is 17.9 Å². The summed E-state index contributed by atoms with van der Waals surface area (Å²) in [6.07, 6.45) is 4.92. The molecule has 3 atom stereocenters. The summed E-state index contributed by atoms with van der Waals surface area (Å²) in [5, 5.41) is 21.3. The molecule has 6 nitrogen and oxygen atoms in total. The lowest BCUT2D eigenvalue weighted by Gasteiger charge is -2.39. The van der Waals surface area contributed by atoms with E-state index in [4.69, 9.17) is 4.74 Å². The van der Waals surface area contributed by atoms with E-state index in [9.17, 15) is 23.8 Å². The number of ether oxygens (including phenoxy) is 1. The van der Waals surface area contributed by atoms with Crippen LogP contribution in [0.1, 0.15) is 55.8 Å². The van der Waals surface area contributed by atoms with E-state index in [0.29, 0.717) is 43.9 Å². The maximum absolute atomic E-state index is 14.0. The molecule has 2 N–H and O–H groups in total. The molecule has 1 unspecified atom stereocenters. The number of nitrogens with zero attached hydrogens (tertiary/aromatic N) is 2. The van der Waals surface area contributed by atoms with Crippen molar-refractivity contribution in [2.75, 3.05) is 26.7 Å². The second-order valence-electron chi connectivity index (χ2n) is 10.2. The monoisotopic (exact) mass is 526 g/mol. The largest absolute Gasteiger partial charge is 0.497 e. The number of aliphatic hydroxyl groups excluding tert-OH is 1. The molecule has 4 rings (SSSR count). The molecule has 0 aliphatic carbocycles. The number of carboxylic acid groups (broad SMARTS) is 1. The molecule has 1 aromatic heterocycles. The SMILES string of the molecule is COc1ccc2nccc(C(O)CC[C@@H]3CCN(CCCc4c(F)cccc4F)C[C@@H]3CCC(=O)O)c2c1. The van der Waals surface area contributed by atoms with Gasteiger partial charge in [0.25, 0.3) is 0 Å². The number of hydrogen-bond donors (Lipinski definition) is 2. The maximum atomic E-state index is 14.0. The van der Waals surface area contributed by atoms with Crippen molar-refractivity contribution in [3.63, 3.8) is 0 Å². The normalized spacial score (nSPS) is 18.9. The Bertz CT molecular complexity index is 1220. The van der Waals surface area contributed by atoms with Crippen LogP contribution in [0.4, 0.5) is 8.78 Å². The zero-order valence-electron chi connectivity index (χ0n) is 21.8. The fraction of sp³-hybridized carbons (Fsp3) is 0.467. The fourth-order valence-electron chi connectivity index (χ4n) is 5.72. The molecule has 0 bridgehead atoms.